The zero-order valence-corrected chi connectivity index (χ0v) is 4.60. The first kappa shape index (κ1) is 6.08. The predicted octanol–water partition coefficient (Wildman–Crippen LogP) is 0.244. The monoisotopic (exact) mass is 94.1 g/mol. The summed E-state index contributed by atoms with van der Waals surface area (Å²) in [5, 5.41) is 0. The minimum absolute atomic E-state index is 0.194. The van der Waals surface area contributed by atoms with Crippen LogP contribution in [0.5, 0.6) is 0 Å². The van der Waals surface area contributed by atoms with Gasteiger partial charge in [-0.15, -0.1) is 0 Å². The van der Waals surface area contributed by atoms with Gasteiger partial charge in [-0.2, -0.15) is 4.48 Å². The van der Waals surface area contributed by atoms with Gasteiger partial charge in [0, 0.05) is 0 Å². The highest BCUT2D eigenvalue weighted by Gasteiger charge is 2.03. The van der Waals surface area contributed by atoms with Crippen molar-refractivity contribution < 1.29 is 4.48 Å². The van der Waals surface area contributed by atoms with Crippen LogP contribution >= 0.6 is 0 Å². The molecule has 0 N–H and O–H groups in total. The standard InChI is InChI=1S/C6H8N/c1-5-7(3,4)6-2/h1-2H,3-4H3/q+1. The maximum Gasteiger partial charge on any atom is 0.147 e. The third kappa shape index (κ3) is 1.87. The molecule has 0 aromatic rings. The largest absolute Gasteiger partial charge is 0.177 e. The Morgan fingerprint density at radius 3 is 1.43 bits per heavy atom. The van der Waals surface area contributed by atoms with E-state index in [9.17, 15) is 0 Å². The van der Waals surface area contributed by atoms with Crippen molar-refractivity contribution in [3.05, 3.63) is 0 Å². The highest BCUT2D eigenvalue weighted by Crippen LogP contribution is 1.85. The van der Waals surface area contributed by atoms with Crippen LogP contribution in [-0.4, -0.2) is 18.6 Å². The Balaban J connectivity index is 4.00. The van der Waals surface area contributed by atoms with Gasteiger partial charge in [0.15, 0.2) is 0 Å². The normalized spacial score (nSPS) is 9.14. The minimum Gasteiger partial charge on any atom is -0.177 e. The molecule has 36 valence electrons. The number of hydrogen-bond donors (Lipinski definition) is 0. The summed E-state index contributed by atoms with van der Waals surface area (Å²) in [7, 11) is 3.53. The molecular weight excluding hydrogens is 86.1 g/mol. The summed E-state index contributed by atoms with van der Waals surface area (Å²) in [5.41, 5.74) is 0. The third-order valence-corrected chi connectivity index (χ3v) is 0.645. The van der Waals surface area contributed by atoms with Crippen molar-refractivity contribution in [3.8, 4) is 24.9 Å². The van der Waals surface area contributed by atoms with Crippen LogP contribution in [-0.2, 0) is 0 Å². The molecule has 0 aliphatic rings. The van der Waals surface area contributed by atoms with Gasteiger partial charge in [0.25, 0.3) is 0 Å². The van der Waals surface area contributed by atoms with E-state index in [1.165, 1.54) is 0 Å². The van der Waals surface area contributed by atoms with Crippen molar-refractivity contribution in [1.82, 2.24) is 0 Å². The first-order valence-electron chi connectivity index (χ1n) is 1.92. The van der Waals surface area contributed by atoms with Crippen molar-refractivity contribution in [3.63, 3.8) is 0 Å². The van der Waals surface area contributed by atoms with E-state index in [1.807, 2.05) is 0 Å². The minimum atomic E-state index is 0.194. The molecule has 0 radical (unpaired) electrons. The molecule has 0 saturated heterocycles. The lowest BCUT2D eigenvalue weighted by Gasteiger charge is -2.07. The van der Waals surface area contributed by atoms with Crippen LogP contribution in [0.2, 0.25) is 0 Å². The average Bonchev–Trinajstić information content (AvgIpc) is 1.68. The van der Waals surface area contributed by atoms with Crippen molar-refractivity contribution in [2.75, 3.05) is 14.1 Å². The van der Waals surface area contributed by atoms with Crippen LogP contribution in [0.1, 0.15) is 0 Å². The van der Waals surface area contributed by atoms with E-state index in [0.29, 0.717) is 0 Å². The highest BCUT2D eigenvalue weighted by atomic mass is 15.3. The van der Waals surface area contributed by atoms with Gasteiger partial charge in [-0.05, 0) is 0 Å². The van der Waals surface area contributed by atoms with Gasteiger partial charge in [-0.1, -0.05) is 12.8 Å². The zero-order chi connectivity index (χ0) is 5.91. The molecule has 0 saturated carbocycles. The average molecular weight is 94.1 g/mol. The summed E-state index contributed by atoms with van der Waals surface area (Å²) in [4.78, 5) is 0. The van der Waals surface area contributed by atoms with E-state index in [1.54, 1.807) is 14.1 Å². The summed E-state index contributed by atoms with van der Waals surface area (Å²) >= 11 is 0. The van der Waals surface area contributed by atoms with E-state index in [0.717, 1.165) is 0 Å². The summed E-state index contributed by atoms with van der Waals surface area (Å²) in [5.74, 6) is 0. The summed E-state index contributed by atoms with van der Waals surface area (Å²) < 4.78 is 0.194. The highest BCUT2D eigenvalue weighted by molar-refractivity contribution is 4.81. The summed E-state index contributed by atoms with van der Waals surface area (Å²) in [6.07, 6.45) is 9.99. The van der Waals surface area contributed by atoms with Gasteiger partial charge in [-0.3, -0.25) is 0 Å². The molecule has 0 atom stereocenters. The molecule has 1 nitrogen and oxygen atoms in total. The van der Waals surface area contributed by atoms with Gasteiger partial charge in [-0.25, -0.2) is 0 Å². The van der Waals surface area contributed by atoms with Crippen molar-refractivity contribution in [2.24, 2.45) is 0 Å². The number of nitrogens with zero attached hydrogens (tertiary/aromatic N) is 1. The van der Waals surface area contributed by atoms with Gasteiger partial charge in [0.2, 0.25) is 0 Å². The fourth-order valence-corrected chi connectivity index (χ4v) is 0.0373. The lowest BCUT2D eigenvalue weighted by atomic mass is 10.7. The maximum absolute atomic E-state index is 5.00. The molecule has 0 bridgehead atoms. The van der Waals surface area contributed by atoms with Gasteiger partial charge >= 0.3 is 0 Å². The molecule has 1 heteroatoms. The molecule has 7 heavy (non-hydrogen) atoms. The number of terminal acetylenes is 2. The maximum atomic E-state index is 5.00. The van der Waals surface area contributed by atoms with Crippen molar-refractivity contribution in [1.29, 1.82) is 0 Å². The Morgan fingerprint density at radius 2 is 1.43 bits per heavy atom. The second kappa shape index (κ2) is 1.69. The van der Waals surface area contributed by atoms with Crippen LogP contribution in [0.4, 0.5) is 0 Å². The second-order valence-electron chi connectivity index (χ2n) is 1.71. The first-order chi connectivity index (χ1) is 3.12. The molecule has 0 aliphatic carbocycles. The summed E-state index contributed by atoms with van der Waals surface area (Å²) in [6.45, 7) is 0. The van der Waals surface area contributed by atoms with Gasteiger partial charge < -0.3 is 0 Å². The lowest BCUT2D eigenvalue weighted by Crippen LogP contribution is -2.26. The van der Waals surface area contributed by atoms with Gasteiger partial charge in [0.1, 0.15) is 12.1 Å². The van der Waals surface area contributed by atoms with Crippen LogP contribution in [0.15, 0.2) is 0 Å². The third-order valence-electron chi connectivity index (χ3n) is 0.645. The van der Waals surface area contributed by atoms with Gasteiger partial charge in [0.05, 0.1) is 14.1 Å². The Labute approximate surface area is 44.5 Å². The Hall–Kier alpha value is -0.920. The van der Waals surface area contributed by atoms with Crippen LogP contribution in [0.3, 0.4) is 0 Å². The van der Waals surface area contributed by atoms with Crippen LogP contribution in [0, 0.1) is 24.9 Å². The fourth-order valence-electron chi connectivity index (χ4n) is 0.0373. The molecule has 0 aromatic heterocycles. The van der Waals surface area contributed by atoms with Crippen molar-refractivity contribution >= 4 is 0 Å². The zero-order valence-electron chi connectivity index (χ0n) is 4.60. The van der Waals surface area contributed by atoms with E-state index in [-0.39, 0.29) is 4.48 Å². The molecule has 0 amide bonds. The Kier molecular flexibility index (Phi) is 1.47. The first-order valence-corrected chi connectivity index (χ1v) is 1.92. The van der Waals surface area contributed by atoms with E-state index in [2.05, 4.69) is 12.1 Å². The van der Waals surface area contributed by atoms with E-state index in [4.69, 9.17) is 12.8 Å². The fraction of sp³-hybridized carbons (Fsp3) is 0.333. The van der Waals surface area contributed by atoms with Crippen LogP contribution in [0.25, 0.3) is 0 Å². The quantitative estimate of drug-likeness (QED) is 0.298. The second-order valence-corrected chi connectivity index (χ2v) is 1.71. The van der Waals surface area contributed by atoms with E-state index >= 15 is 0 Å². The molecule has 0 rings (SSSR count). The topological polar surface area (TPSA) is 0 Å². The number of quaternary nitrogens is 1. The number of rotatable bonds is 0. The van der Waals surface area contributed by atoms with Crippen LogP contribution < -0.4 is 0 Å². The number of hydrogen-bond acceptors (Lipinski definition) is 0. The van der Waals surface area contributed by atoms with E-state index < -0.39 is 0 Å². The molecule has 0 heterocycles. The molecular formula is C6H8N+. The van der Waals surface area contributed by atoms with Crippen molar-refractivity contribution in [2.45, 2.75) is 0 Å². The smallest absolute Gasteiger partial charge is 0.147 e. The lowest BCUT2D eigenvalue weighted by molar-refractivity contribution is -0.748. The Bertz CT molecular complexity index is 115. The predicted molar refractivity (Wildman–Crippen MR) is 29.8 cm³/mol. The Morgan fingerprint density at radius 1 is 1.14 bits per heavy atom. The molecule has 0 aliphatic heterocycles. The SMILES string of the molecule is C#C[N+](C)(C)C#C. The molecule has 0 aromatic carbocycles. The molecule has 0 spiro atoms. The summed E-state index contributed by atoms with van der Waals surface area (Å²) in [6, 6.07) is 4.78. The molecule has 0 unspecified atom stereocenters. The molecule has 0 fully saturated rings.